The monoisotopic (exact) mass is 185 g/mol. The summed E-state index contributed by atoms with van der Waals surface area (Å²) in [5.74, 6) is 1.81. The fourth-order valence-electron chi connectivity index (χ4n) is 2.02. The molecule has 2 fully saturated rings. The minimum Gasteiger partial charge on any atom is -0.330 e. The summed E-state index contributed by atoms with van der Waals surface area (Å²) in [7, 11) is 0. The molecule has 2 atom stereocenters. The largest absolute Gasteiger partial charge is 0.330 e. The normalized spacial score (nSPS) is 36.4. The first-order chi connectivity index (χ1) is 5.79. The van der Waals surface area contributed by atoms with Crippen molar-refractivity contribution in [2.45, 2.75) is 31.6 Å². The van der Waals surface area contributed by atoms with Gasteiger partial charge >= 0.3 is 0 Å². The molecule has 2 unspecified atom stereocenters. The van der Waals surface area contributed by atoms with Crippen molar-refractivity contribution >= 4 is 17.7 Å². The first-order valence-corrected chi connectivity index (χ1v) is 5.76. The van der Waals surface area contributed by atoms with Gasteiger partial charge in [0, 0.05) is 18.2 Å². The highest BCUT2D eigenvalue weighted by Gasteiger charge is 2.33. The zero-order valence-electron chi connectivity index (χ0n) is 7.45. The van der Waals surface area contributed by atoms with Gasteiger partial charge in [0.25, 0.3) is 0 Å². The third-order valence-electron chi connectivity index (χ3n) is 2.78. The molecule has 0 radical (unpaired) electrons. The summed E-state index contributed by atoms with van der Waals surface area (Å²) < 4.78 is 0. The van der Waals surface area contributed by atoms with Crippen molar-refractivity contribution in [2.24, 2.45) is 5.92 Å². The average Bonchev–Trinajstić information content (AvgIpc) is 2.46. The molecule has 2 rings (SSSR count). The molecule has 2 nitrogen and oxygen atoms in total. The Hall–Kier alpha value is -0.180. The smallest absolute Gasteiger partial charge is 0.226 e. The van der Waals surface area contributed by atoms with Gasteiger partial charge < -0.3 is 4.90 Å². The zero-order chi connectivity index (χ0) is 8.55. The highest BCUT2D eigenvalue weighted by Crippen LogP contribution is 2.33. The van der Waals surface area contributed by atoms with E-state index in [0.717, 1.165) is 18.7 Å². The molecule has 0 aliphatic carbocycles. The van der Waals surface area contributed by atoms with Crippen molar-refractivity contribution in [1.82, 2.24) is 4.90 Å². The van der Waals surface area contributed by atoms with Gasteiger partial charge in [-0.05, 0) is 19.3 Å². The molecule has 2 heterocycles. The van der Waals surface area contributed by atoms with Crippen molar-refractivity contribution in [3.63, 3.8) is 0 Å². The SMILES string of the molecule is CC1CCCC2SCCN2C1=O. The second-order valence-corrected chi connectivity index (χ2v) is 4.97. The molecule has 68 valence electrons. The molecule has 0 aromatic carbocycles. The summed E-state index contributed by atoms with van der Waals surface area (Å²) in [4.78, 5) is 13.8. The Labute approximate surface area is 77.7 Å². The lowest BCUT2D eigenvalue weighted by Crippen LogP contribution is -2.36. The van der Waals surface area contributed by atoms with Crippen LogP contribution in [0.2, 0.25) is 0 Å². The average molecular weight is 185 g/mol. The third-order valence-corrected chi connectivity index (χ3v) is 4.08. The van der Waals surface area contributed by atoms with E-state index in [-0.39, 0.29) is 5.92 Å². The molecule has 1 amide bonds. The number of carbonyl (C=O) groups is 1. The van der Waals surface area contributed by atoms with E-state index in [4.69, 9.17) is 0 Å². The number of nitrogens with zero attached hydrogens (tertiary/aromatic N) is 1. The van der Waals surface area contributed by atoms with Gasteiger partial charge in [-0.25, -0.2) is 0 Å². The summed E-state index contributed by atoms with van der Waals surface area (Å²) in [6.45, 7) is 3.05. The zero-order valence-corrected chi connectivity index (χ0v) is 8.27. The molecule has 0 spiro atoms. The molecule has 3 heteroatoms. The lowest BCUT2D eigenvalue weighted by atomic mass is 10.1. The number of fused-ring (bicyclic) bond motifs is 1. The molecule has 0 aromatic heterocycles. The van der Waals surface area contributed by atoms with Crippen LogP contribution in [0, 0.1) is 5.92 Å². The van der Waals surface area contributed by atoms with Gasteiger partial charge in [-0.2, -0.15) is 0 Å². The van der Waals surface area contributed by atoms with Gasteiger partial charge in [0.2, 0.25) is 5.91 Å². The maximum atomic E-state index is 11.7. The number of hydrogen-bond donors (Lipinski definition) is 0. The minimum absolute atomic E-state index is 0.272. The third kappa shape index (κ3) is 1.35. The standard InChI is InChI=1S/C9H15NOS/c1-7-3-2-4-8-10(9(7)11)5-6-12-8/h7-8H,2-6H2,1H3. The van der Waals surface area contributed by atoms with Gasteiger partial charge in [-0.15, -0.1) is 11.8 Å². The topological polar surface area (TPSA) is 20.3 Å². The molecule has 2 aliphatic rings. The summed E-state index contributed by atoms with van der Waals surface area (Å²) in [6.07, 6.45) is 3.52. The van der Waals surface area contributed by atoms with Crippen LogP contribution in [0.1, 0.15) is 26.2 Å². The highest BCUT2D eigenvalue weighted by atomic mass is 32.2. The molecule has 0 saturated carbocycles. The van der Waals surface area contributed by atoms with Crippen LogP contribution in [0.4, 0.5) is 0 Å². The predicted octanol–water partition coefficient (Wildman–Crippen LogP) is 1.71. The lowest BCUT2D eigenvalue weighted by molar-refractivity contribution is -0.134. The Balaban J connectivity index is 2.13. The molecular weight excluding hydrogens is 170 g/mol. The maximum Gasteiger partial charge on any atom is 0.226 e. The molecular formula is C9H15NOS. The molecule has 0 bridgehead atoms. The van der Waals surface area contributed by atoms with Crippen molar-refractivity contribution in [2.75, 3.05) is 12.3 Å². The molecule has 0 aromatic rings. The Kier molecular flexibility index (Phi) is 2.31. The molecule has 2 saturated heterocycles. The van der Waals surface area contributed by atoms with E-state index in [0.29, 0.717) is 11.3 Å². The summed E-state index contributed by atoms with van der Waals surface area (Å²) in [6, 6.07) is 0. The van der Waals surface area contributed by atoms with E-state index >= 15 is 0 Å². The van der Waals surface area contributed by atoms with Gasteiger partial charge in [0.05, 0.1) is 5.37 Å². The second kappa shape index (κ2) is 3.29. The van der Waals surface area contributed by atoms with Crippen LogP contribution in [0.3, 0.4) is 0 Å². The lowest BCUT2D eigenvalue weighted by Gasteiger charge is -2.22. The van der Waals surface area contributed by atoms with Crippen LogP contribution in [0.15, 0.2) is 0 Å². The van der Waals surface area contributed by atoms with Crippen LogP contribution < -0.4 is 0 Å². The van der Waals surface area contributed by atoms with Gasteiger partial charge in [-0.1, -0.05) is 6.92 Å². The minimum atomic E-state index is 0.272. The fourth-order valence-corrected chi connectivity index (χ4v) is 3.31. The number of carbonyl (C=O) groups excluding carboxylic acids is 1. The fraction of sp³-hybridized carbons (Fsp3) is 0.889. The van der Waals surface area contributed by atoms with Gasteiger partial charge in [-0.3, -0.25) is 4.79 Å². The summed E-state index contributed by atoms with van der Waals surface area (Å²) in [5.41, 5.74) is 0. The van der Waals surface area contributed by atoms with E-state index in [1.54, 1.807) is 0 Å². The highest BCUT2D eigenvalue weighted by molar-refractivity contribution is 8.00. The Bertz CT molecular complexity index is 195. The van der Waals surface area contributed by atoms with Crippen LogP contribution in [-0.4, -0.2) is 28.5 Å². The predicted molar refractivity (Wildman–Crippen MR) is 51.0 cm³/mol. The van der Waals surface area contributed by atoms with Gasteiger partial charge in [0.1, 0.15) is 0 Å². The first kappa shape index (κ1) is 8.42. The van der Waals surface area contributed by atoms with E-state index < -0.39 is 0 Å². The van der Waals surface area contributed by atoms with E-state index in [9.17, 15) is 4.79 Å². The Morgan fingerprint density at radius 1 is 1.50 bits per heavy atom. The van der Waals surface area contributed by atoms with Crippen LogP contribution in [0.25, 0.3) is 0 Å². The quantitative estimate of drug-likeness (QED) is 0.572. The number of thioether (sulfide) groups is 1. The number of rotatable bonds is 0. The van der Waals surface area contributed by atoms with E-state index in [2.05, 4.69) is 11.8 Å². The molecule has 0 N–H and O–H groups in total. The summed E-state index contributed by atoms with van der Waals surface area (Å²) in [5, 5.41) is 0.516. The van der Waals surface area contributed by atoms with E-state index in [1.807, 2.05) is 11.8 Å². The Morgan fingerprint density at radius 3 is 3.17 bits per heavy atom. The molecule has 2 aliphatic heterocycles. The maximum absolute atomic E-state index is 11.7. The van der Waals surface area contributed by atoms with E-state index in [1.165, 1.54) is 12.8 Å². The van der Waals surface area contributed by atoms with Crippen LogP contribution in [-0.2, 0) is 4.79 Å². The molecule has 12 heavy (non-hydrogen) atoms. The number of amides is 1. The number of hydrogen-bond acceptors (Lipinski definition) is 2. The van der Waals surface area contributed by atoms with Crippen molar-refractivity contribution in [3.8, 4) is 0 Å². The van der Waals surface area contributed by atoms with Crippen molar-refractivity contribution < 1.29 is 4.79 Å². The van der Waals surface area contributed by atoms with Crippen molar-refractivity contribution in [1.29, 1.82) is 0 Å². The van der Waals surface area contributed by atoms with Crippen LogP contribution >= 0.6 is 11.8 Å². The van der Waals surface area contributed by atoms with Gasteiger partial charge in [0.15, 0.2) is 0 Å². The Morgan fingerprint density at radius 2 is 2.33 bits per heavy atom. The summed E-state index contributed by atoms with van der Waals surface area (Å²) >= 11 is 1.95. The second-order valence-electron chi connectivity index (χ2n) is 3.69. The van der Waals surface area contributed by atoms with Crippen molar-refractivity contribution in [3.05, 3.63) is 0 Å². The van der Waals surface area contributed by atoms with Crippen LogP contribution in [0.5, 0.6) is 0 Å². The first-order valence-electron chi connectivity index (χ1n) is 4.71.